The van der Waals surface area contributed by atoms with Gasteiger partial charge in [-0.2, -0.15) is 17.9 Å². The number of nitrogens with zero attached hydrogens (tertiary/aromatic N) is 3. The highest BCUT2D eigenvalue weighted by Crippen LogP contribution is 2.29. The average Bonchev–Trinajstić information content (AvgIpc) is 3.52. The molecular formula is C26H23F3N4O3. The van der Waals surface area contributed by atoms with Gasteiger partial charge >= 0.3 is 12.1 Å². The van der Waals surface area contributed by atoms with Gasteiger partial charge in [-0.3, -0.25) is 9.78 Å². The van der Waals surface area contributed by atoms with E-state index in [1.54, 1.807) is 18.2 Å². The lowest BCUT2D eigenvalue weighted by Crippen LogP contribution is -2.37. The average molecular weight is 496 g/mol. The van der Waals surface area contributed by atoms with Crippen LogP contribution in [0, 0.1) is 0 Å². The summed E-state index contributed by atoms with van der Waals surface area (Å²) in [6.45, 7) is 2.35. The molecule has 0 radical (unpaired) electrons. The summed E-state index contributed by atoms with van der Waals surface area (Å²) >= 11 is 0. The van der Waals surface area contributed by atoms with E-state index >= 15 is 0 Å². The van der Waals surface area contributed by atoms with Crippen LogP contribution in [0.2, 0.25) is 0 Å². The van der Waals surface area contributed by atoms with Crippen LogP contribution in [0.1, 0.15) is 40.2 Å². The van der Waals surface area contributed by atoms with E-state index in [-0.39, 0.29) is 29.9 Å². The number of nitrogens with one attached hydrogen (secondary N) is 1. The molecule has 0 aliphatic carbocycles. The van der Waals surface area contributed by atoms with Crippen LogP contribution in [0.15, 0.2) is 48.7 Å². The maximum Gasteiger partial charge on any atom is 0.493 e. The predicted molar refractivity (Wildman–Crippen MR) is 128 cm³/mol. The van der Waals surface area contributed by atoms with E-state index in [1.165, 1.54) is 30.8 Å². The number of fused-ring (bicyclic) bond motifs is 1. The molecule has 1 aromatic carbocycles. The molecule has 0 saturated carbocycles. The Balaban J connectivity index is 1.43. The molecule has 0 unspecified atom stereocenters. The Labute approximate surface area is 205 Å². The summed E-state index contributed by atoms with van der Waals surface area (Å²) in [5, 5.41) is 2.64. The molecule has 7 nitrogen and oxygen atoms in total. The third kappa shape index (κ3) is 4.84. The second-order valence-corrected chi connectivity index (χ2v) is 8.66. The summed E-state index contributed by atoms with van der Waals surface area (Å²) in [7, 11) is 0. The van der Waals surface area contributed by atoms with Crippen LogP contribution in [0.25, 0.3) is 23.4 Å². The van der Waals surface area contributed by atoms with E-state index in [0.29, 0.717) is 11.3 Å². The first-order valence-electron chi connectivity index (χ1n) is 11.6. The van der Waals surface area contributed by atoms with Crippen molar-refractivity contribution in [1.29, 1.82) is 0 Å². The lowest BCUT2D eigenvalue weighted by Gasteiger charge is -2.17. The third-order valence-corrected chi connectivity index (χ3v) is 6.24. The van der Waals surface area contributed by atoms with Crippen molar-refractivity contribution in [1.82, 2.24) is 15.0 Å². The SMILES string of the molecule is O=C1NCCc2c1cc(-c1ccnc(C=Cc3ccc(N4CCCC4)cc3)c1)n2OC(=O)C(F)(F)F. The normalized spacial score (nSPS) is 15.8. The Morgan fingerprint density at radius 3 is 2.53 bits per heavy atom. The van der Waals surface area contributed by atoms with Gasteiger partial charge in [-0.1, -0.05) is 18.2 Å². The highest BCUT2D eigenvalue weighted by Gasteiger charge is 2.43. The van der Waals surface area contributed by atoms with E-state index < -0.39 is 18.1 Å². The van der Waals surface area contributed by atoms with Gasteiger partial charge in [0.2, 0.25) is 0 Å². The van der Waals surface area contributed by atoms with Crippen LogP contribution in [0.4, 0.5) is 18.9 Å². The number of halogens is 3. The molecule has 1 fully saturated rings. The standard InChI is InChI=1S/C26H23F3N4O3/c27-26(28,29)25(35)36-33-22-10-12-31-24(34)21(22)16-23(33)18-9-11-30-19(15-18)6-3-17-4-7-20(8-5-17)32-13-1-2-14-32/h3-9,11,15-16H,1-2,10,12-14H2,(H,31,34). The topological polar surface area (TPSA) is 76.5 Å². The first kappa shape index (κ1) is 23.7. The van der Waals surface area contributed by atoms with Gasteiger partial charge in [0.05, 0.1) is 22.6 Å². The van der Waals surface area contributed by atoms with E-state index in [4.69, 9.17) is 4.84 Å². The van der Waals surface area contributed by atoms with E-state index in [1.807, 2.05) is 18.2 Å². The summed E-state index contributed by atoms with van der Waals surface area (Å²) in [6.07, 6.45) is 2.63. The highest BCUT2D eigenvalue weighted by atomic mass is 19.4. The van der Waals surface area contributed by atoms with Gasteiger partial charge in [0, 0.05) is 43.5 Å². The van der Waals surface area contributed by atoms with Crippen molar-refractivity contribution in [3.63, 3.8) is 0 Å². The van der Waals surface area contributed by atoms with Gasteiger partial charge in [-0.15, -0.1) is 0 Å². The molecule has 1 amide bonds. The monoisotopic (exact) mass is 496 g/mol. The number of benzene rings is 1. The smallest absolute Gasteiger partial charge is 0.372 e. The first-order valence-corrected chi connectivity index (χ1v) is 11.6. The zero-order valence-corrected chi connectivity index (χ0v) is 19.2. The van der Waals surface area contributed by atoms with E-state index in [9.17, 15) is 22.8 Å². The van der Waals surface area contributed by atoms with Crippen LogP contribution in [0.5, 0.6) is 0 Å². The minimum Gasteiger partial charge on any atom is -0.372 e. The summed E-state index contributed by atoms with van der Waals surface area (Å²) in [6, 6.07) is 12.8. The predicted octanol–water partition coefficient (Wildman–Crippen LogP) is 4.12. The number of aromatic nitrogens is 2. The summed E-state index contributed by atoms with van der Waals surface area (Å²) in [5.74, 6) is -2.80. The van der Waals surface area contributed by atoms with Crippen LogP contribution < -0.4 is 15.1 Å². The number of hydrogen-bond acceptors (Lipinski definition) is 5. The lowest BCUT2D eigenvalue weighted by atomic mass is 10.1. The zero-order chi connectivity index (χ0) is 25.3. The maximum atomic E-state index is 12.9. The van der Waals surface area contributed by atoms with Crippen molar-refractivity contribution in [3.8, 4) is 11.3 Å². The van der Waals surface area contributed by atoms with E-state index in [0.717, 1.165) is 23.4 Å². The van der Waals surface area contributed by atoms with Crippen molar-refractivity contribution >= 4 is 29.7 Å². The fourth-order valence-corrected chi connectivity index (χ4v) is 4.45. The van der Waals surface area contributed by atoms with Crippen molar-refractivity contribution in [2.75, 3.05) is 24.5 Å². The van der Waals surface area contributed by atoms with Crippen molar-refractivity contribution in [2.45, 2.75) is 25.4 Å². The Kier molecular flexibility index (Phi) is 6.26. The molecule has 1 saturated heterocycles. The Hall–Kier alpha value is -4.08. The highest BCUT2D eigenvalue weighted by molar-refractivity contribution is 5.98. The number of carbonyl (C=O) groups is 2. The van der Waals surface area contributed by atoms with Gasteiger partial charge in [-0.25, -0.2) is 4.79 Å². The molecule has 0 bridgehead atoms. The molecule has 3 aromatic rings. The van der Waals surface area contributed by atoms with Gasteiger partial charge < -0.3 is 15.1 Å². The molecule has 1 N–H and O–H groups in total. The fourth-order valence-electron chi connectivity index (χ4n) is 4.45. The van der Waals surface area contributed by atoms with Crippen molar-refractivity contribution in [2.24, 2.45) is 0 Å². The number of anilines is 1. The number of rotatable bonds is 5. The summed E-state index contributed by atoms with van der Waals surface area (Å²) in [4.78, 5) is 35.3. The third-order valence-electron chi connectivity index (χ3n) is 6.24. The van der Waals surface area contributed by atoms with Gasteiger partial charge in [-0.05, 0) is 54.8 Å². The Bertz CT molecular complexity index is 1320. The van der Waals surface area contributed by atoms with Crippen LogP contribution in [0.3, 0.4) is 0 Å². The zero-order valence-electron chi connectivity index (χ0n) is 19.2. The van der Waals surface area contributed by atoms with Crippen LogP contribution in [-0.2, 0) is 11.2 Å². The fraction of sp³-hybridized carbons (Fsp3) is 0.269. The minimum atomic E-state index is -5.18. The second-order valence-electron chi connectivity index (χ2n) is 8.66. The van der Waals surface area contributed by atoms with Crippen LogP contribution >= 0.6 is 0 Å². The molecular weight excluding hydrogens is 473 g/mol. The minimum absolute atomic E-state index is 0.154. The van der Waals surface area contributed by atoms with Gasteiger partial charge in [0.15, 0.2) is 0 Å². The molecule has 5 rings (SSSR count). The maximum absolute atomic E-state index is 12.9. The van der Waals surface area contributed by atoms with Crippen molar-refractivity contribution in [3.05, 3.63) is 71.2 Å². The van der Waals surface area contributed by atoms with Gasteiger partial charge in [0.25, 0.3) is 5.91 Å². The summed E-state index contributed by atoms with van der Waals surface area (Å²) in [5.41, 5.74) is 3.68. The number of pyridine rings is 1. The lowest BCUT2D eigenvalue weighted by molar-refractivity contribution is -0.199. The quantitative estimate of drug-likeness (QED) is 0.575. The van der Waals surface area contributed by atoms with Crippen molar-refractivity contribution < 1.29 is 27.6 Å². The molecule has 0 atom stereocenters. The number of alkyl halides is 3. The molecule has 186 valence electrons. The number of hydrogen-bond donors (Lipinski definition) is 1. The molecule has 4 heterocycles. The largest absolute Gasteiger partial charge is 0.493 e. The molecule has 2 aromatic heterocycles. The molecule has 0 spiro atoms. The molecule has 10 heteroatoms. The number of amides is 1. The Morgan fingerprint density at radius 2 is 1.81 bits per heavy atom. The Morgan fingerprint density at radius 1 is 1.06 bits per heavy atom. The molecule has 2 aliphatic rings. The number of carbonyl (C=O) groups excluding carboxylic acids is 2. The molecule has 2 aliphatic heterocycles. The molecule has 36 heavy (non-hydrogen) atoms. The van der Waals surface area contributed by atoms with Gasteiger partial charge in [0.1, 0.15) is 0 Å². The summed E-state index contributed by atoms with van der Waals surface area (Å²) < 4.78 is 39.6. The van der Waals surface area contributed by atoms with E-state index in [2.05, 4.69) is 27.3 Å². The van der Waals surface area contributed by atoms with Crippen LogP contribution in [-0.4, -0.2) is 47.4 Å². The second kappa shape index (κ2) is 9.52. The first-order chi connectivity index (χ1) is 17.3.